The van der Waals surface area contributed by atoms with Gasteiger partial charge in [0.25, 0.3) is 5.56 Å². The van der Waals surface area contributed by atoms with Crippen LogP contribution in [0.2, 0.25) is 0 Å². The predicted molar refractivity (Wildman–Crippen MR) is 121 cm³/mol. The third kappa shape index (κ3) is 4.89. The number of aromatic nitrogens is 3. The molecule has 2 aromatic heterocycles. The average molecular weight is 475 g/mol. The Morgan fingerprint density at radius 3 is 2.58 bits per heavy atom. The monoisotopic (exact) mass is 474 g/mol. The van der Waals surface area contributed by atoms with E-state index in [9.17, 15) is 18.0 Å². The molecule has 0 atom stereocenters. The molecule has 0 saturated heterocycles. The molecule has 1 aromatic carbocycles. The summed E-state index contributed by atoms with van der Waals surface area (Å²) >= 11 is 1.41. The molecule has 0 bridgehead atoms. The quantitative estimate of drug-likeness (QED) is 0.541. The Kier molecular flexibility index (Phi) is 6.09. The number of nitrogens with one attached hydrogen (secondary N) is 1. The van der Waals surface area contributed by atoms with Crippen LogP contribution in [0.4, 0.5) is 13.2 Å². The van der Waals surface area contributed by atoms with Crippen molar-refractivity contribution in [2.24, 2.45) is 0 Å². The second kappa shape index (κ2) is 9.02. The van der Waals surface area contributed by atoms with E-state index in [2.05, 4.69) is 14.9 Å². The van der Waals surface area contributed by atoms with Crippen LogP contribution < -0.4 is 5.56 Å². The van der Waals surface area contributed by atoms with E-state index < -0.39 is 11.7 Å². The van der Waals surface area contributed by atoms with Gasteiger partial charge in [0.2, 0.25) is 0 Å². The van der Waals surface area contributed by atoms with Crippen LogP contribution in [0, 0.1) is 0 Å². The molecule has 2 aliphatic rings. The first kappa shape index (κ1) is 22.3. The number of H-pyrrole nitrogens is 1. The van der Waals surface area contributed by atoms with Gasteiger partial charge in [0.05, 0.1) is 22.5 Å². The molecular weight excluding hydrogens is 449 g/mol. The molecule has 0 unspecified atom stereocenters. The Bertz CT molecular complexity index is 1180. The lowest BCUT2D eigenvalue weighted by Crippen LogP contribution is -2.36. The number of hydrogen-bond acceptors (Lipinski definition) is 5. The van der Waals surface area contributed by atoms with E-state index in [1.54, 1.807) is 0 Å². The van der Waals surface area contributed by atoms with Crippen molar-refractivity contribution in [3.05, 3.63) is 68.3 Å². The fourth-order valence-electron chi connectivity index (χ4n) is 4.75. The highest BCUT2D eigenvalue weighted by atomic mass is 32.1. The summed E-state index contributed by atoms with van der Waals surface area (Å²) in [6.45, 7) is 1.90. The lowest BCUT2D eigenvalue weighted by atomic mass is 9.88. The molecule has 0 amide bonds. The molecule has 1 saturated carbocycles. The molecule has 1 N–H and O–H groups in total. The second-order valence-electron chi connectivity index (χ2n) is 8.89. The third-order valence-electron chi connectivity index (χ3n) is 6.55. The largest absolute Gasteiger partial charge is 0.416 e. The van der Waals surface area contributed by atoms with Crippen molar-refractivity contribution in [3.8, 4) is 10.6 Å². The van der Waals surface area contributed by atoms with Crippen LogP contribution >= 0.6 is 11.3 Å². The van der Waals surface area contributed by atoms with Crippen molar-refractivity contribution in [2.45, 2.75) is 63.7 Å². The van der Waals surface area contributed by atoms with E-state index >= 15 is 0 Å². The molecule has 0 radical (unpaired) electrons. The maximum atomic E-state index is 12.8. The Morgan fingerprint density at radius 2 is 1.85 bits per heavy atom. The highest BCUT2D eigenvalue weighted by molar-refractivity contribution is 7.13. The summed E-state index contributed by atoms with van der Waals surface area (Å²) in [5.74, 6) is 1.22. The van der Waals surface area contributed by atoms with Gasteiger partial charge in [-0.2, -0.15) is 13.2 Å². The maximum absolute atomic E-state index is 12.8. The number of rotatable bonds is 4. The molecule has 1 fully saturated rings. The molecule has 1 aliphatic carbocycles. The standard InChI is InChI=1S/C24H25F3N4OS/c25-24(26,27)17-8-6-16(7-9-17)23-28-18(14-33-23)12-31-11-10-20-19(13-31)22(32)30-21(29-20)15-4-2-1-3-5-15/h6-9,14-15H,1-5,10-13H2,(H,29,30,32). The maximum Gasteiger partial charge on any atom is 0.416 e. The first-order valence-corrected chi connectivity index (χ1v) is 12.2. The number of halogens is 3. The summed E-state index contributed by atoms with van der Waals surface area (Å²) in [6, 6.07) is 5.08. The van der Waals surface area contributed by atoms with Gasteiger partial charge in [-0.15, -0.1) is 11.3 Å². The molecule has 0 spiro atoms. The average Bonchev–Trinajstić information content (AvgIpc) is 3.28. The molecule has 174 valence electrons. The molecule has 33 heavy (non-hydrogen) atoms. The van der Waals surface area contributed by atoms with E-state index in [0.29, 0.717) is 29.6 Å². The van der Waals surface area contributed by atoms with Crippen LogP contribution in [0.25, 0.3) is 10.6 Å². The van der Waals surface area contributed by atoms with Crippen LogP contribution in [0.3, 0.4) is 0 Å². The van der Waals surface area contributed by atoms with Crippen molar-refractivity contribution in [3.63, 3.8) is 0 Å². The Balaban J connectivity index is 1.27. The molecular formula is C24H25F3N4OS. The van der Waals surface area contributed by atoms with Crippen molar-refractivity contribution < 1.29 is 13.2 Å². The fraction of sp³-hybridized carbons (Fsp3) is 0.458. The molecule has 5 nitrogen and oxygen atoms in total. The number of benzene rings is 1. The summed E-state index contributed by atoms with van der Waals surface area (Å²) in [5.41, 5.74) is 2.47. The van der Waals surface area contributed by atoms with Gasteiger partial charge in [-0.05, 0) is 25.0 Å². The summed E-state index contributed by atoms with van der Waals surface area (Å²) in [7, 11) is 0. The number of nitrogens with zero attached hydrogens (tertiary/aromatic N) is 3. The zero-order valence-corrected chi connectivity index (χ0v) is 18.9. The minimum Gasteiger partial charge on any atom is -0.310 e. The predicted octanol–water partition coefficient (Wildman–Crippen LogP) is 5.52. The number of thiazole rings is 1. The smallest absolute Gasteiger partial charge is 0.310 e. The molecule has 3 aromatic rings. The van der Waals surface area contributed by atoms with Gasteiger partial charge in [-0.3, -0.25) is 9.69 Å². The van der Waals surface area contributed by atoms with E-state index in [1.165, 1.54) is 42.7 Å². The SMILES string of the molecule is O=c1[nH]c(C2CCCCC2)nc2c1CN(Cc1csc(-c3ccc(C(F)(F)F)cc3)n1)CC2. The van der Waals surface area contributed by atoms with Gasteiger partial charge in [0.15, 0.2) is 0 Å². The van der Waals surface area contributed by atoms with Gasteiger partial charge in [0.1, 0.15) is 10.8 Å². The van der Waals surface area contributed by atoms with Crippen molar-refractivity contribution in [1.29, 1.82) is 0 Å². The van der Waals surface area contributed by atoms with E-state index in [-0.39, 0.29) is 5.56 Å². The van der Waals surface area contributed by atoms with Gasteiger partial charge < -0.3 is 4.98 Å². The normalized spacial score (nSPS) is 17.8. The number of aromatic amines is 1. The van der Waals surface area contributed by atoms with E-state index in [0.717, 1.165) is 60.7 Å². The highest BCUT2D eigenvalue weighted by Crippen LogP contribution is 2.33. The highest BCUT2D eigenvalue weighted by Gasteiger charge is 2.30. The van der Waals surface area contributed by atoms with E-state index in [1.807, 2.05) is 5.38 Å². The van der Waals surface area contributed by atoms with Crippen molar-refractivity contribution in [2.75, 3.05) is 6.54 Å². The lowest BCUT2D eigenvalue weighted by Gasteiger charge is -2.28. The summed E-state index contributed by atoms with van der Waals surface area (Å²) in [5, 5.41) is 2.62. The van der Waals surface area contributed by atoms with Crippen LogP contribution in [-0.2, 0) is 25.7 Å². The first-order chi connectivity index (χ1) is 15.9. The molecule has 3 heterocycles. The molecule has 5 rings (SSSR count). The first-order valence-electron chi connectivity index (χ1n) is 11.3. The van der Waals surface area contributed by atoms with Crippen LogP contribution in [0.15, 0.2) is 34.4 Å². The fourth-order valence-corrected chi connectivity index (χ4v) is 5.56. The van der Waals surface area contributed by atoms with Gasteiger partial charge in [0, 0.05) is 42.9 Å². The third-order valence-corrected chi connectivity index (χ3v) is 7.49. The zero-order valence-electron chi connectivity index (χ0n) is 18.1. The number of alkyl halides is 3. The minimum atomic E-state index is -4.35. The van der Waals surface area contributed by atoms with Crippen LogP contribution in [0.1, 0.15) is 66.4 Å². The van der Waals surface area contributed by atoms with Gasteiger partial charge in [-0.1, -0.05) is 31.4 Å². The number of hydrogen-bond donors (Lipinski definition) is 1. The van der Waals surface area contributed by atoms with Crippen molar-refractivity contribution in [1.82, 2.24) is 19.9 Å². The second-order valence-corrected chi connectivity index (χ2v) is 9.75. The number of fused-ring (bicyclic) bond motifs is 1. The van der Waals surface area contributed by atoms with Gasteiger partial charge >= 0.3 is 6.18 Å². The van der Waals surface area contributed by atoms with Gasteiger partial charge in [-0.25, -0.2) is 9.97 Å². The summed E-state index contributed by atoms with van der Waals surface area (Å²) in [4.78, 5) is 27.5. The molecule has 9 heteroatoms. The minimum absolute atomic E-state index is 0.0333. The molecule has 1 aliphatic heterocycles. The Labute approximate surface area is 193 Å². The Morgan fingerprint density at radius 1 is 1.09 bits per heavy atom. The van der Waals surface area contributed by atoms with E-state index in [4.69, 9.17) is 4.98 Å². The van der Waals surface area contributed by atoms with Crippen molar-refractivity contribution >= 4 is 11.3 Å². The van der Waals surface area contributed by atoms with Crippen LogP contribution in [0.5, 0.6) is 0 Å². The van der Waals surface area contributed by atoms with Crippen LogP contribution in [-0.4, -0.2) is 26.4 Å². The summed E-state index contributed by atoms with van der Waals surface area (Å²) < 4.78 is 38.4. The zero-order chi connectivity index (χ0) is 23.0. The summed E-state index contributed by atoms with van der Waals surface area (Å²) in [6.07, 6.45) is 2.23. The Hall–Kier alpha value is -2.52. The topological polar surface area (TPSA) is 61.9 Å². The lowest BCUT2D eigenvalue weighted by molar-refractivity contribution is -0.137.